The summed E-state index contributed by atoms with van der Waals surface area (Å²) in [6, 6.07) is 6.33. The maximum Gasteiger partial charge on any atom is 0.0370 e. The lowest BCUT2D eigenvalue weighted by molar-refractivity contribution is 1.14. The molecule has 0 aliphatic rings. The summed E-state index contributed by atoms with van der Waals surface area (Å²) >= 11 is 0. The maximum absolute atomic E-state index is 3.74. The third-order valence-electron chi connectivity index (χ3n) is 2.02. The molecule has 0 saturated carbocycles. The van der Waals surface area contributed by atoms with Gasteiger partial charge in [-0.1, -0.05) is 25.6 Å². The van der Waals surface area contributed by atoms with E-state index in [9.17, 15) is 0 Å². The largest absolute Gasteiger partial charge is 0.388 e. The number of hydrogen-bond acceptors (Lipinski definition) is 1. The smallest absolute Gasteiger partial charge is 0.0370 e. The van der Waals surface area contributed by atoms with Crippen molar-refractivity contribution in [3.63, 3.8) is 0 Å². The summed E-state index contributed by atoms with van der Waals surface area (Å²) in [6.45, 7) is 5.90. The molecular weight excluding hydrogens is 146 g/mol. The summed E-state index contributed by atoms with van der Waals surface area (Å²) in [4.78, 5) is 0. The monoisotopic (exact) mass is 161 g/mol. The van der Waals surface area contributed by atoms with Crippen molar-refractivity contribution in [1.29, 1.82) is 0 Å². The van der Waals surface area contributed by atoms with E-state index >= 15 is 0 Å². The molecule has 0 heterocycles. The number of anilines is 1. The number of nitrogens with one attached hydrogen (secondary N) is 1. The second-order valence-electron chi connectivity index (χ2n) is 2.72. The van der Waals surface area contributed by atoms with E-state index in [0.29, 0.717) is 0 Å². The van der Waals surface area contributed by atoms with Gasteiger partial charge in [-0.05, 0) is 29.7 Å². The summed E-state index contributed by atoms with van der Waals surface area (Å²) in [5.41, 5.74) is 3.74. The van der Waals surface area contributed by atoms with E-state index in [0.717, 1.165) is 6.42 Å². The third kappa shape index (κ3) is 1.67. The zero-order valence-corrected chi connectivity index (χ0v) is 7.72. The van der Waals surface area contributed by atoms with Crippen molar-refractivity contribution in [3.8, 4) is 0 Å². The minimum Gasteiger partial charge on any atom is -0.388 e. The molecule has 0 radical (unpaired) electrons. The van der Waals surface area contributed by atoms with Crippen LogP contribution < -0.4 is 5.32 Å². The molecule has 64 valence electrons. The van der Waals surface area contributed by atoms with Crippen LogP contribution in [0.3, 0.4) is 0 Å². The van der Waals surface area contributed by atoms with Crippen molar-refractivity contribution in [1.82, 2.24) is 0 Å². The van der Waals surface area contributed by atoms with Crippen LogP contribution in [0.15, 0.2) is 24.8 Å². The summed E-state index contributed by atoms with van der Waals surface area (Å²) < 4.78 is 0. The molecule has 0 aliphatic carbocycles. The standard InChI is InChI=1S/C11H15N/c1-4-9-6-7-11(12-3)10(5-2)8-9/h4,6-8,12H,1,5H2,2-3H3. The fourth-order valence-electron chi connectivity index (χ4n) is 1.28. The second kappa shape index (κ2) is 3.96. The number of hydrogen-bond donors (Lipinski definition) is 1. The van der Waals surface area contributed by atoms with Crippen LogP contribution >= 0.6 is 0 Å². The van der Waals surface area contributed by atoms with Gasteiger partial charge < -0.3 is 5.32 Å². The molecule has 1 aromatic rings. The van der Waals surface area contributed by atoms with Crippen LogP contribution in [0, 0.1) is 0 Å². The van der Waals surface area contributed by atoms with E-state index in [1.54, 1.807) is 0 Å². The van der Waals surface area contributed by atoms with Crippen LogP contribution in [0.5, 0.6) is 0 Å². The lowest BCUT2D eigenvalue weighted by Gasteiger charge is -2.07. The fraction of sp³-hybridized carbons (Fsp3) is 0.273. The summed E-state index contributed by atoms with van der Waals surface area (Å²) in [5.74, 6) is 0. The number of aryl methyl sites for hydroxylation is 1. The van der Waals surface area contributed by atoms with Crippen LogP contribution in [0.1, 0.15) is 18.1 Å². The van der Waals surface area contributed by atoms with E-state index in [4.69, 9.17) is 0 Å². The van der Waals surface area contributed by atoms with E-state index in [1.165, 1.54) is 16.8 Å². The summed E-state index contributed by atoms with van der Waals surface area (Å²) in [7, 11) is 1.95. The Balaban J connectivity index is 3.10. The van der Waals surface area contributed by atoms with Crippen molar-refractivity contribution < 1.29 is 0 Å². The van der Waals surface area contributed by atoms with Crippen molar-refractivity contribution in [2.75, 3.05) is 12.4 Å². The quantitative estimate of drug-likeness (QED) is 0.718. The average molecular weight is 161 g/mol. The van der Waals surface area contributed by atoms with Gasteiger partial charge in [-0.3, -0.25) is 0 Å². The van der Waals surface area contributed by atoms with Crippen LogP contribution in [-0.4, -0.2) is 7.05 Å². The first-order valence-corrected chi connectivity index (χ1v) is 4.25. The van der Waals surface area contributed by atoms with Crippen molar-refractivity contribution in [2.45, 2.75) is 13.3 Å². The maximum atomic E-state index is 3.74. The molecule has 0 amide bonds. The van der Waals surface area contributed by atoms with Gasteiger partial charge >= 0.3 is 0 Å². The van der Waals surface area contributed by atoms with Gasteiger partial charge in [0.05, 0.1) is 0 Å². The molecule has 1 heteroatoms. The first-order chi connectivity index (χ1) is 5.81. The molecule has 0 bridgehead atoms. The fourth-order valence-corrected chi connectivity index (χ4v) is 1.28. The second-order valence-corrected chi connectivity index (χ2v) is 2.72. The van der Waals surface area contributed by atoms with E-state index in [-0.39, 0.29) is 0 Å². The minimum atomic E-state index is 1.05. The Morgan fingerprint density at radius 3 is 2.75 bits per heavy atom. The molecule has 0 unspecified atom stereocenters. The van der Waals surface area contributed by atoms with Gasteiger partial charge in [0.2, 0.25) is 0 Å². The Morgan fingerprint density at radius 2 is 2.25 bits per heavy atom. The van der Waals surface area contributed by atoms with Gasteiger partial charge in [0.25, 0.3) is 0 Å². The van der Waals surface area contributed by atoms with Gasteiger partial charge in [0.15, 0.2) is 0 Å². The molecule has 0 aliphatic heterocycles. The summed E-state index contributed by atoms with van der Waals surface area (Å²) in [5, 5.41) is 3.16. The topological polar surface area (TPSA) is 12.0 Å². The van der Waals surface area contributed by atoms with Crippen LogP contribution in [0.25, 0.3) is 6.08 Å². The Hall–Kier alpha value is -1.24. The lowest BCUT2D eigenvalue weighted by Crippen LogP contribution is -1.94. The highest BCUT2D eigenvalue weighted by Crippen LogP contribution is 2.17. The van der Waals surface area contributed by atoms with Crippen LogP contribution in [0.4, 0.5) is 5.69 Å². The Morgan fingerprint density at radius 1 is 1.50 bits per heavy atom. The van der Waals surface area contributed by atoms with Crippen molar-refractivity contribution >= 4 is 11.8 Å². The first-order valence-electron chi connectivity index (χ1n) is 4.25. The Bertz CT molecular complexity index is 276. The Labute approximate surface area is 74.1 Å². The van der Waals surface area contributed by atoms with Crippen molar-refractivity contribution in [2.24, 2.45) is 0 Å². The average Bonchev–Trinajstić information content (AvgIpc) is 2.16. The van der Waals surface area contributed by atoms with Gasteiger partial charge in [0, 0.05) is 12.7 Å². The highest BCUT2D eigenvalue weighted by Gasteiger charge is 1.97. The molecule has 0 aromatic heterocycles. The van der Waals surface area contributed by atoms with Crippen molar-refractivity contribution in [3.05, 3.63) is 35.9 Å². The minimum absolute atomic E-state index is 1.05. The number of rotatable bonds is 3. The molecule has 0 atom stereocenters. The molecule has 0 spiro atoms. The van der Waals surface area contributed by atoms with Gasteiger partial charge in [-0.2, -0.15) is 0 Å². The molecule has 12 heavy (non-hydrogen) atoms. The van der Waals surface area contributed by atoms with Gasteiger partial charge in [-0.25, -0.2) is 0 Å². The highest BCUT2D eigenvalue weighted by molar-refractivity contribution is 5.58. The predicted octanol–water partition coefficient (Wildman–Crippen LogP) is 2.93. The van der Waals surface area contributed by atoms with Crippen LogP contribution in [-0.2, 0) is 6.42 Å². The van der Waals surface area contributed by atoms with E-state index < -0.39 is 0 Å². The molecule has 1 rings (SSSR count). The van der Waals surface area contributed by atoms with E-state index in [1.807, 2.05) is 13.1 Å². The first kappa shape index (κ1) is 8.85. The van der Waals surface area contributed by atoms with Gasteiger partial charge in [0.1, 0.15) is 0 Å². The molecule has 1 N–H and O–H groups in total. The normalized spacial score (nSPS) is 9.50. The van der Waals surface area contributed by atoms with Gasteiger partial charge in [-0.15, -0.1) is 0 Å². The predicted molar refractivity (Wildman–Crippen MR) is 55.5 cm³/mol. The molecular formula is C11H15N. The summed E-state index contributed by atoms with van der Waals surface area (Å²) in [6.07, 6.45) is 2.93. The molecule has 0 saturated heterocycles. The zero-order chi connectivity index (χ0) is 8.97. The highest BCUT2D eigenvalue weighted by atomic mass is 14.8. The SMILES string of the molecule is C=Cc1ccc(NC)c(CC)c1. The molecule has 0 fully saturated rings. The lowest BCUT2D eigenvalue weighted by atomic mass is 10.1. The number of benzene rings is 1. The zero-order valence-electron chi connectivity index (χ0n) is 7.72. The Kier molecular flexibility index (Phi) is 2.92. The van der Waals surface area contributed by atoms with E-state index in [2.05, 4.69) is 37.0 Å². The van der Waals surface area contributed by atoms with Crippen LogP contribution in [0.2, 0.25) is 0 Å². The molecule has 1 nitrogen and oxygen atoms in total. The molecule has 1 aromatic carbocycles. The third-order valence-corrected chi connectivity index (χ3v) is 2.02.